The topological polar surface area (TPSA) is 68.0 Å². The minimum atomic E-state index is -0.561. The van der Waals surface area contributed by atoms with Gasteiger partial charge in [0.1, 0.15) is 5.00 Å². The molecular weight excluding hydrogens is 310 g/mol. The van der Waals surface area contributed by atoms with Crippen molar-refractivity contribution >= 4 is 22.4 Å². The number of aryl methyl sites for hydroxylation is 1. The van der Waals surface area contributed by atoms with Gasteiger partial charge in [-0.05, 0) is 37.4 Å². The Balaban J connectivity index is 1.57. The fraction of sp³-hybridized carbons (Fsp3) is 0.235. The van der Waals surface area contributed by atoms with Crippen LogP contribution in [0.2, 0.25) is 0 Å². The maximum atomic E-state index is 12.6. The first kappa shape index (κ1) is 14.1. The molecular formula is C17H15N3O2S. The summed E-state index contributed by atoms with van der Waals surface area (Å²) in [5, 5.41) is 7.86. The lowest BCUT2D eigenvalue weighted by molar-refractivity contribution is -0.118. The van der Waals surface area contributed by atoms with Gasteiger partial charge in [-0.1, -0.05) is 35.5 Å². The number of amides is 1. The lowest BCUT2D eigenvalue weighted by atomic mass is 10.0. The number of carbonyl (C=O) groups excluding carboxylic acids is 1. The van der Waals surface area contributed by atoms with E-state index in [2.05, 4.69) is 14.8 Å². The van der Waals surface area contributed by atoms with Gasteiger partial charge >= 0.3 is 0 Å². The third kappa shape index (κ3) is 2.55. The summed E-state index contributed by atoms with van der Waals surface area (Å²) in [4.78, 5) is 12.6. The van der Waals surface area contributed by atoms with Gasteiger partial charge in [-0.3, -0.25) is 4.79 Å². The molecule has 1 amide bonds. The second kappa shape index (κ2) is 5.31. The lowest BCUT2D eigenvalue weighted by Gasteiger charge is -2.10. The van der Waals surface area contributed by atoms with Crippen LogP contribution in [0.3, 0.4) is 0 Å². The van der Waals surface area contributed by atoms with Crippen LogP contribution in [0, 0.1) is 6.92 Å². The van der Waals surface area contributed by atoms with Crippen LogP contribution in [0.25, 0.3) is 11.3 Å². The van der Waals surface area contributed by atoms with E-state index in [-0.39, 0.29) is 5.91 Å². The summed E-state index contributed by atoms with van der Waals surface area (Å²) < 4.78 is 9.62. The van der Waals surface area contributed by atoms with Crippen molar-refractivity contribution in [3.63, 3.8) is 0 Å². The predicted octanol–water partition coefficient (Wildman–Crippen LogP) is 3.78. The van der Waals surface area contributed by atoms with Crippen molar-refractivity contribution < 1.29 is 9.32 Å². The van der Waals surface area contributed by atoms with E-state index < -0.39 is 5.41 Å². The average molecular weight is 325 g/mol. The highest BCUT2D eigenvalue weighted by Crippen LogP contribution is 2.49. The highest BCUT2D eigenvalue weighted by molar-refractivity contribution is 7.10. The van der Waals surface area contributed by atoms with Gasteiger partial charge < -0.3 is 9.84 Å². The Hall–Kier alpha value is -2.47. The second-order valence-electron chi connectivity index (χ2n) is 5.81. The van der Waals surface area contributed by atoms with Crippen LogP contribution < -0.4 is 5.32 Å². The first-order valence-electron chi connectivity index (χ1n) is 7.45. The smallest absolute Gasteiger partial charge is 0.237 e. The summed E-state index contributed by atoms with van der Waals surface area (Å²) in [6.45, 7) is 1.91. The number of benzene rings is 1. The Labute approximate surface area is 137 Å². The molecule has 1 N–H and O–H groups in total. The number of anilines is 1. The predicted molar refractivity (Wildman–Crippen MR) is 88.3 cm³/mol. The SMILES string of the molecule is Cc1cc(NC(=O)C2(c3cc(-c4ccccc4)on3)CC2)sn1. The van der Waals surface area contributed by atoms with Crippen LogP contribution in [0.15, 0.2) is 47.0 Å². The Morgan fingerprint density at radius 3 is 2.70 bits per heavy atom. The van der Waals surface area contributed by atoms with E-state index >= 15 is 0 Å². The summed E-state index contributed by atoms with van der Waals surface area (Å²) in [6.07, 6.45) is 1.58. The maximum absolute atomic E-state index is 12.6. The van der Waals surface area contributed by atoms with Crippen LogP contribution in [0.4, 0.5) is 5.00 Å². The number of rotatable bonds is 4. The first-order valence-corrected chi connectivity index (χ1v) is 8.22. The Morgan fingerprint density at radius 1 is 1.26 bits per heavy atom. The molecule has 2 heterocycles. The van der Waals surface area contributed by atoms with E-state index in [0.29, 0.717) is 11.5 Å². The highest BCUT2D eigenvalue weighted by atomic mass is 32.1. The Kier molecular flexibility index (Phi) is 3.27. The standard InChI is InChI=1S/C17H15N3O2S/c1-11-9-15(23-20-11)18-16(21)17(7-8-17)14-10-13(22-19-14)12-5-3-2-4-6-12/h2-6,9-10H,7-8H2,1H3,(H,18,21). The molecule has 116 valence electrons. The highest BCUT2D eigenvalue weighted by Gasteiger charge is 2.54. The minimum Gasteiger partial charge on any atom is -0.356 e. The van der Waals surface area contributed by atoms with Crippen molar-refractivity contribution in [3.8, 4) is 11.3 Å². The maximum Gasteiger partial charge on any atom is 0.237 e. The van der Waals surface area contributed by atoms with Crippen LogP contribution in [-0.4, -0.2) is 15.4 Å². The molecule has 0 saturated heterocycles. The molecule has 4 rings (SSSR count). The van der Waals surface area contributed by atoms with Gasteiger partial charge in [0.25, 0.3) is 0 Å². The zero-order chi connectivity index (χ0) is 15.9. The molecule has 5 nitrogen and oxygen atoms in total. The zero-order valence-electron chi connectivity index (χ0n) is 12.6. The van der Waals surface area contributed by atoms with E-state index in [4.69, 9.17) is 4.52 Å². The lowest BCUT2D eigenvalue weighted by Crippen LogP contribution is -2.27. The van der Waals surface area contributed by atoms with Crippen molar-refractivity contribution in [2.45, 2.75) is 25.2 Å². The van der Waals surface area contributed by atoms with Gasteiger partial charge in [0.2, 0.25) is 5.91 Å². The van der Waals surface area contributed by atoms with E-state index in [1.165, 1.54) is 11.5 Å². The molecule has 0 bridgehead atoms. The fourth-order valence-corrected chi connectivity index (χ4v) is 3.27. The third-order valence-electron chi connectivity index (χ3n) is 4.11. The van der Waals surface area contributed by atoms with Gasteiger partial charge in [-0.15, -0.1) is 0 Å². The fourth-order valence-electron chi connectivity index (χ4n) is 2.62. The quantitative estimate of drug-likeness (QED) is 0.792. The molecule has 0 spiro atoms. The van der Waals surface area contributed by atoms with Gasteiger partial charge in [0, 0.05) is 11.6 Å². The van der Waals surface area contributed by atoms with Crippen LogP contribution in [-0.2, 0) is 10.2 Å². The molecule has 0 unspecified atom stereocenters. The number of aromatic nitrogens is 2. The van der Waals surface area contributed by atoms with Gasteiger partial charge in [-0.25, -0.2) is 0 Å². The Morgan fingerprint density at radius 2 is 2.04 bits per heavy atom. The normalized spacial score (nSPS) is 15.3. The average Bonchev–Trinajstić information content (AvgIpc) is 3.04. The number of hydrogen-bond acceptors (Lipinski definition) is 5. The first-order chi connectivity index (χ1) is 11.2. The number of nitrogens with zero attached hydrogens (tertiary/aromatic N) is 2. The summed E-state index contributed by atoms with van der Waals surface area (Å²) in [7, 11) is 0. The molecule has 0 atom stereocenters. The minimum absolute atomic E-state index is 0.0333. The van der Waals surface area contributed by atoms with E-state index in [9.17, 15) is 4.79 Å². The molecule has 1 fully saturated rings. The van der Waals surface area contributed by atoms with Crippen LogP contribution in [0.1, 0.15) is 24.2 Å². The van der Waals surface area contributed by atoms with E-state index in [1.807, 2.05) is 49.4 Å². The summed E-state index contributed by atoms with van der Waals surface area (Å²) >= 11 is 1.29. The van der Waals surface area contributed by atoms with Gasteiger partial charge in [0.05, 0.1) is 16.8 Å². The molecule has 1 aliphatic rings. The van der Waals surface area contributed by atoms with E-state index in [1.54, 1.807) is 0 Å². The molecule has 1 aromatic carbocycles. The van der Waals surface area contributed by atoms with Crippen LogP contribution >= 0.6 is 11.5 Å². The molecule has 1 saturated carbocycles. The number of hydrogen-bond donors (Lipinski definition) is 1. The van der Waals surface area contributed by atoms with Gasteiger partial charge in [0.15, 0.2) is 5.76 Å². The largest absolute Gasteiger partial charge is 0.356 e. The summed E-state index contributed by atoms with van der Waals surface area (Å²) in [5.41, 5.74) is 2.01. The van der Waals surface area contributed by atoms with Crippen molar-refractivity contribution in [1.82, 2.24) is 9.53 Å². The van der Waals surface area contributed by atoms with Gasteiger partial charge in [-0.2, -0.15) is 4.37 Å². The molecule has 0 radical (unpaired) electrons. The summed E-state index contributed by atoms with van der Waals surface area (Å²) in [6, 6.07) is 13.5. The molecule has 23 heavy (non-hydrogen) atoms. The molecule has 0 aliphatic heterocycles. The van der Waals surface area contributed by atoms with Crippen LogP contribution in [0.5, 0.6) is 0 Å². The molecule has 3 aromatic rings. The monoisotopic (exact) mass is 325 g/mol. The summed E-state index contributed by atoms with van der Waals surface area (Å²) in [5.74, 6) is 0.655. The van der Waals surface area contributed by atoms with E-state index in [0.717, 1.165) is 29.1 Å². The van der Waals surface area contributed by atoms with Crippen molar-refractivity contribution in [3.05, 3.63) is 53.9 Å². The molecule has 1 aliphatic carbocycles. The van der Waals surface area contributed by atoms with Crippen molar-refractivity contribution in [2.75, 3.05) is 5.32 Å². The Bertz CT molecular complexity index is 850. The molecule has 2 aromatic heterocycles. The third-order valence-corrected chi connectivity index (χ3v) is 4.90. The number of carbonyl (C=O) groups is 1. The molecule has 6 heteroatoms. The van der Waals surface area contributed by atoms with Crippen molar-refractivity contribution in [2.24, 2.45) is 0 Å². The second-order valence-corrected chi connectivity index (χ2v) is 6.62. The van der Waals surface area contributed by atoms with Crippen molar-refractivity contribution in [1.29, 1.82) is 0 Å². The number of nitrogens with one attached hydrogen (secondary N) is 1. The zero-order valence-corrected chi connectivity index (χ0v) is 13.4.